The fraction of sp³-hybridized carbons (Fsp3) is 0.941. The summed E-state index contributed by atoms with van der Waals surface area (Å²) in [6.45, 7) is 6.22. The van der Waals surface area contributed by atoms with Gasteiger partial charge in [0.15, 0.2) is 0 Å². The van der Waals surface area contributed by atoms with Gasteiger partial charge in [-0.25, -0.2) is 0 Å². The van der Waals surface area contributed by atoms with Gasteiger partial charge in [-0.05, 0) is 52.4 Å². The molecule has 1 amide bonds. The molecule has 5 heteroatoms. The molecule has 2 rings (SSSR count). The minimum absolute atomic E-state index is 0.200. The molecule has 1 atom stereocenters. The monoisotopic (exact) mass is 311 g/mol. The fourth-order valence-electron chi connectivity index (χ4n) is 3.61. The van der Waals surface area contributed by atoms with E-state index >= 15 is 0 Å². The molecule has 0 bridgehead atoms. The van der Waals surface area contributed by atoms with Gasteiger partial charge in [-0.2, -0.15) is 0 Å². The van der Waals surface area contributed by atoms with Crippen LogP contribution in [0.1, 0.15) is 44.9 Å². The second kappa shape index (κ2) is 9.48. The molecule has 2 fully saturated rings. The van der Waals surface area contributed by atoms with Gasteiger partial charge in [-0.1, -0.05) is 12.8 Å². The Kier molecular flexibility index (Phi) is 7.63. The van der Waals surface area contributed by atoms with Crippen LogP contribution in [0.2, 0.25) is 0 Å². The lowest BCUT2D eigenvalue weighted by molar-refractivity contribution is -0.134. The van der Waals surface area contributed by atoms with Crippen molar-refractivity contribution in [2.24, 2.45) is 0 Å². The third kappa shape index (κ3) is 5.52. The molecule has 0 aromatic heterocycles. The van der Waals surface area contributed by atoms with Crippen molar-refractivity contribution in [3.8, 4) is 0 Å². The highest BCUT2D eigenvalue weighted by Gasteiger charge is 2.26. The molecule has 2 aliphatic rings. The van der Waals surface area contributed by atoms with Gasteiger partial charge >= 0.3 is 0 Å². The minimum atomic E-state index is 0.200. The third-order valence-corrected chi connectivity index (χ3v) is 5.16. The molecule has 2 saturated heterocycles. The van der Waals surface area contributed by atoms with E-state index in [1.54, 1.807) is 0 Å². The SMILES string of the molecule is CN1CCN(C(=O)CCCN2CCCCCC2)CC1CCO. The van der Waals surface area contributed by atoms with E-state index in [2.05, 4.69) is 16.8 Å². The number of carbonyl (C=O) groups excluding carboxylic acids is 1. The highest BCUT2D eigenvalue weighted by atomic mass is 16.3. The average molecular weight is 311 g/mol. The Morgan fingerprint density at radius 2 is 1.82 bits per heavy atom. The first-order valence-electron chi connectivity index (χ1n) is 9.02. The van der Waals surface area contributed by atoms with Crippen LogP contribution in [0.25, 0.3) is 0 Å². The maximum Gasteiger partial charge on any atom is 0.222 e. The number of nitrogens with zero attached hydrogens (tertiary/aromatic N) is 3. The second-order valence-electron chi connectivity index (χ2n) is 6.85. The summed E-state index contributed by atoms with van der Waals surface area (Å²) in [5.41, 5.74) is 0. The van der Waals surface area contributed by atoms with Gasteiger partial charge in [-0.3, -0.25) is 9.69 Å². The van der Waals surface area contributed by atoms with E-state index in [1.165, 1.54) is 38.8 Å². The van der Waals surface area contributed by atoms with E-state index in [-0.39, 0.29) is 6.61 Å². The summed E-state index contributed by atoms with van der Waals surface area (Å²) in [5.74, 6) is 0.297. The van der Waals surface area contributed by atoms with E-state index in [9.17, 15) is 4.79 Å². The summed E-state index contributed by atoms with van der Waals surface area (Å²) in [7, 11) is 2.08. The third-order valence-electron chi connectivity index (χ3n) is 5.16. The molecule has 0 aromatic rings. The van der Waals surface area contributed by atoms with E-state index < -0.39 is 0 Å². The van der Waals surface area contributed by atoms with E-state index in [0.717, 1.165) is 39.0 Å². The Bertz CT molecular complexity index is 330. The molecule has 0 saturated carbocycles. The first-order chi connectivity index (χ1) is 10.7. The van der Waals surface area contributed by atoms with Crippen LogP contribution in [0, 0.1) is 0 Å². The number of aliphatic hydroxyl groups excluding tert-OH is 1. The Morgan fingerprint density at radius 3 is 2.50 bits per heavy atom. The van der Waals surface area contributed by atoms with Gasteiger partial charge in [0.2, 0.25) is 5.91 Å². The molecule has 0 aromatic carbocycles. The van der Waals surface area contributed by atoms with Crippen molar-refractivity contribution in [2.45, 2.75) is 51.0 Å². The molecule has 2 aliphatic heterocycles. The van der Waals surface area contributed by atoms with Crippen LogP contribution in [-0.4, -0.2) is 84.7 Å². The summed E-state index contributed by atoms with van der Waals surface area (Å²) in [5, 5.41) is 9.13. The van der Waals surface area contributed by atoms with Crippen molar-refractivity contribution in [2.75, 3.05) is 52.9 Å². The van der Waals surface area contributed by atoms with Gasteiger partial charge < -0.3 is 14.9 Å². The second-order valence-corrected chi connectivity index (χ2v) is 6.85. The predicted molar refractivity (Wildman–Crippen MR) is 88.8 cm³/mol. The van der Waals surface area contributed by atoms with Crippen molar-refractivity contribution in [3.05, 3.63) is 0 Å². The highest BCUT2D eigenvalue weighted by molar-refractivity contribution is 5.76. The molecule has 0 radical (unpaired) electrons. The fourth-order valence-corrected chi connectivity index (χ4v) is 3.61. The van der Waals surface area contributed by atoms with Gasteiger partial charge in [0.25, 0.3) is 0 Å². The number of hydrogen-bond donors (Lipinski definition) is 1. The zero-order valence-electron chi connectivity index (χ0n) is 14.2. The topological polar surface area (TPSA) is 47.0 Å². The molecule has 0 aliphatic carbocycles. The highest BCUT2D eigenvalue weighted by Crippen LogP contribution is 2.14. The van der Waals surface area contributed by atoms with E-state index in [1.807, 2.05) is 4.90 Å². The smallest absolute Gasteiger partial charge is 0.222 e. The van der Waals surface area contributed by atoms with Crippen LogP contribution in [0.3, 0.4) is 0 Å². The van der Waals surface area contributed by atoms with Crippen LogP contribution in [-0.2, 0) is 4.79 Å². The zero-order chi connectivity index (χ0) is 15.8. The first-order valence-corrected chi connectivity index (χ1v) is 9.02. The van der Waals surface area contributed by atoms with E-state index in [0.29, 0.717) is 18.4 Å². The zero-order valence-corrected chi connectivity index (χ0v) is 14.2. The largest absolute Gasteiger partial charge is 0.396 e. The van der Waals surface area contributed by atoms with Crippen LogP contribution < -0.4 is 0 Å². The van der Waals surface area contributed by atoms with Crippen molar-refractivity contribution in [1.82, 2.24) is 14.7 Å². The number of aliphatic hydroxyl groups is 1. The molecule has 22 heavy (non-hydrogen) atoms. The Balaban J connectivity index is 1.68. The van der Waals surface area contributed by atoms with Crippen molar-refractivity contribution >= 4 is 5.91 Å². The summed E-state index contributed by atoms with van der Waals surface area (Å²) in [6.07, 6.45) is 7.77. The molecule has 1 N–H and O–H groups in total. The van der Waals surface area contributed by atoms with Gasteiger partial charge in [0.1, 0.15) is 0 Å². The number of hydrogen-bond acceptors (Lipinski definition) is 4. The van der Waals surface area contributed by atoms with Crippen molar-refractivity contribution in [3.63, 3.8) is 0 Å². The molecule has 2 heterocycles. The van der Waals surface area contributed by atoms with Crippen molar-refractivity contribution < 1.29 is 9.90 Å². The first kappa shape index (κ1) is 17.7. The number of piperazine rings is 1. The van der Waals surface area contributed by atoms with Gasteiger partial charge in [0.05, 0.1) is 0 Å². The summed E-state index contributed by atoms with van der Waals surface area (Å²) < 4.78 is 0. The quantitative estimate of drug-likeness (QED) is 0.800. The number of rotatable bonds is 6. The minimum Gasteiger partial charge on any atom is -0.396 e. The lowest BCUT2D eigenvalue weighted by Crippen LogP contribution is -2.53. The normalized spacial score (nSPS) is 25.2. The Hall–Kier alpha value is -0.650. The standard InChI is InChI=1S/C17H33N3O2/c1-18-12-13-20(15-16(18)8-14-21)17(22)7-6-11-19-9-4-2-3-5-10-19/h16,21H,2-15H2,1H3. The molecule has 128 valence electrons. The maximum atomic E-state index is 12.4. The van der Waals surface area contributed by atoms with Gasteiger partial charge in [0, 0.05) is 38.7 Å². The summed E-state index contributed by atoms with van der Waals surface area (Å²) in [6, 6.07) is 0.313. The molecular formula is C17H33N3O2. The average Bonchev–Trinajstić information content (AvgIpc) is 2.78. The lowest BCUT2D eigenvalue weighted by atomic mass is 10.1. The lowest BCUT2D eigenvalue weighted by Gasteiger charge is -2.39. The molecule has 1 unspecified atom stereocenters. The van der Waals surface area contributed by atoms with Crippen LogP contribution in [0.5, 0.6) is 0 Å². The predicted octanol–water partition coefficient (Wildman–Crippen LogP) is 1.17. The van der Waals surface area contributed by atoms with Gasteiger partial charge in [-0.15, -0.1) is 0 Å². The molecule has 5 nitrogen and oxygen atoms in total. The van der Waals surface area contributed by atoms with Crippen LogP contribution in [0.4, 0.5) is 0 Å². The Labute approximate surface area is 135 Å². The van der Waals surface area contributed by atoms with Crippen LogP contribution >= 0.6 is 0 Å². The number of likely N-dealkylation sites (N-methyl/N-ethyl adjacent to an activating group) is 1. The van der Waals surface area contributed by atoms with E-state index in [4.69, 9.17) is 5.11 Å². The number of carbonyl (C=O) groups is 1. The molecular weight excluding hydrogens is 278 g/mol. The summed E-state index contributed by atoms with van der Waals surface area (Å²) in [4.78, 5) is 19.2. The van der Waals surface area contributed by atoms with Crippen molar-refractivity contribution in [1.29, 1.82) is 0 Å². The summed E-state index contributed by atoms with van der Waals surface area (Å²) >= 11 is 0. The Morgan fingerprint density at radius 1 is 1.09 bits per heavy atom. The van der Waals surface area contributed by atoms with Crippen LogP contribution in [0.15, 0.2) is 0 Å². The number of likely N-dealkylation sites (tertiary alicyclic amines) is 1. The molecule has 0 spiro atoms. The number of amides is 1. The maximum absolute atomic E-state index is 12.4.